The lowest BCUT2D eigenvalue weighted by molar-refractivity contribution is -0.00925. The topological polar surface area (TPSA) is 81.4 Å². The fourth-order valence-corrected chi connectivity index (χ4v) is 4.18. The van der Waals surface area contributed by atoms with Gasteiger partial charge in [0.05, 0.1) is 17.4 Å². The third kappa shape index (κ3) is 1.51. The molecule has 3 aliphatic rings. The van der Waals surface area contributed by atoms with Gasteiger partial charge in [0.15, 0.2) is 0 Å². The van der Waals surface area contributed by atoms with E-state index in [1.54, 1.807) is 0 Å². The molecule has 4 atom stereocenters. The van der Waals surface area contributed by atoms with Gasteiger partial charge in [-0.3, -0.25) is 0 Å². The maximum absolute atomic E-state index is 11.7. The molecule has 0 spiro atoms. The Labute approximate surface area is 89.4 Å². The number of sulfonamides is 1. The summed E-state index contributed by atoms with van der Waals surface area (Å²) >= 11 is 0. The molecule has 4 unspecified atom stereocenters. The predicted molar refractivity (Wildman–Crippen MR) is 54.7 cm³/mol. The van der Waals surface area contributed by atoms with Crippen molar-refractivity contribution in [2.45, 2.75) is 42.7 Å². The Balaban J connectivity index is 1.68. The molecule has 0 aromatic carbocycles. The van der Waals surface area contributed by atoms with E-state index in [4.69, 9.17) is 10.5 Å². The van der Waals surface area contributed by atoms with E-state index < -0.39 is 10.0 Å². The fraction of sp³-hybridized carbons (Fsp3) is 1.00. The van der Waals surface area contributed by atoms with E-state index in [0.717, 1.165) is 19.3 Å². The monoisotopic (exact) mass is 232 g/mol. The van der Waals surface area contributed by atoms with Crippen molar-refractivity contribution >= 4 is 10.0 Å². The van der Waals surface area contributed by atoms with Gasteiger partial charge in [-0.25, -0.2) is 13.1 Å². The van der Waals surface area contributed by atoms with E-state index >= 15 is 0 Å². The highest BCUT2D eigenvalue weighted by molar-refractivity contribution is 7.90. The zero-order valence-electron chi connectivity index (χ0n) is 8.43. The Hall–Kier alpha value is -0.170. The highest BCUT2D eigenvalue weighted by Gasteiger charge is 2.54. The quantitative estimate of drug-likeness (QED) is 0.666. The molecule has 3 N–H and O–H groups in total. The number of ether oxygens (including phenoxy) is 1. The fourth-order valence-electron chi connectivity index (χ4n) is 2.56. The maximum Gasteiger partial charge on any atom is 0.214 e. The molecule has 0 aromatic rings. The second-order valence-electron chi connectivity index (χ2n) is 4.75. The molecular weight excluding hydrogens is 216 g/mol. The first kappa shape index (κ1) is 10.0. The lowest BCUT2D eigenvalue weighted by atomic mass is 9.73. The van der Waals surface area contributed by atoms with Crippen molar-refractivity contribution in [3.63, 3.8) is 0 Å². The molecule has 1 aliphatic heterocycles. The van der Waals surface area contributed by atoms with Crippen molar-refractivity contribution in [3.8, 4) is 0 Å². The van der Waals surface area contributed by atoms with Gasteiger partial charge in [-0.2, -0.15) is 0 Å². The normalized spacial score (nSPS) is 44.9. The van der Waals surface area contributed by atoms with Gasteiger partial charge < -0.3 is 10.5 Å². The van der Waals surface area contributed by atoms with Crippen LogP contribution in [0.2, 0.25) is 0 Å². The van der Waals surface area contributed by atoms with Crippen LogP contribution < -0.4 is 10.5 Å². The van der Waals surface area contributed by atoms with Gasteiger partial charge in [-0.1, -0.05) is 0 Å². The first-order valence-corrected chi connectivity index (χ1v) is 7.02. The number of hydrogen-bond acceptors (Lipinski definition) is 4. The lowest BCUT2D eigenvalue weighted by Crippen LogP contribution is -2.69. The van der Waals surface area contributed by atoms with Crippen LogP contribution in [-0.2, 0) is 14.8 Å². The Morgan fingerprint density at radius 3 is 2.67 bits per heavy atom. The molecule has 1 heterocycles. The minimum Gasteiger partial charge on any atom is -0.376 e. The highest BCUT2D eigenvalue weighted by Crippen LogP contribution is 2.39. The molecule has 1 saturated heterocycles. The SMILES string of the molecule is NC1C2CCOC2C1NS(=O)(=O)C1CC1. The average molecular weight is 232 g/mol. The van der Waals surface area contributed by atoms with E-state index in [0.29, 0.717) is 12.5 Å². The van der Waals surface area contributed by atoms with Crippen LogP contribution in [0, 0.1) is 5.92 Å². The molecule has 15 heavy (non-hydrogen) atoms. The second-order valence-corrected chi connectivity index (χ2v) is 6.75. The molecule has 2 saturated carbocycles. The van der Waals surface area contributed by atoms with Gasteiger partial charge in [-0.15, -0.1) is 0 Å². The van der Waals surface area contributed by atoms with Gasteiger partial charge >= 0.3 is 0 Å². The molecule has 0 amide bonds. The summed E-state index contributed by atoms with van der Waals surface area (Å²) in [6.07, 6.45) is 2.56. The van der Waals surface area contributed by atoms with Gasteiger partial charge in [-0.05, 0) is 19.3 Å². The van der Waals surface area contributed by atoms with E-state index in [9.17, 15) is 8.42 Å². The number of fused-ring (bicyclic) bond motifs is 1. The smallest absolute Gasteiger partial charge is 0.214 e. The maximum atomic E-state index is 11.7. The summed E-state index contributed by atoms with van der Waals surface area (Å²) in [7, 11) is -3.13. The molecule has 86 valence electrons. The Bertz CT molecular complexity index is 366. The van der Waals surface area contributed by atoms with Crippen molar-refractivity contribution in [2.24, 2.45) is 11.7 Å². The number of rotatable bonds is 3. The number of nitrogens with one attached hydrogen (secondary N) is 1. The van der Waals surface area contributed by atoms with Crippen LogP contribution in [-0.4, -0.2) is 38.5 Å². The van der Waals surface area contributed by atoms with E-state index in [1.807, 2.05) is 0 Å². The molecular formula is C9H16N2O3S. The molecule has 0 radical (unpaired) electrons. The van der Waals surface area contributed by atoms with Gasteiger partial charge in [0, 0.05) is 18.6 Å². The van der Waals surface area contributed by atoms with Crippen LogP contribution in [0.15, 0.2) is 0 Å². The van der Waals surface area contributed by atoms with Crippen molar-refractivity contribution in [1.82, 2.24) is 4.72 Å². The Morgan fingerprint density at radius 2 is 2.00 bits per heavy atom. The first-order chi connectivity index (χ1) is 7.09. The van der Waals surface area contributed by atoms with Crippen LogP contribution in [0.25, 0.3) is 0 Å². The van der Waals surface area contributed by atoms with E-state index in [2.05, 4.69) is 4.72 Å². The largest absolute Gasteiger partial charge is 0.376 e. The van der Waals surface area contributed by atoms with Gasteiger partial charge in [0.2, 0.25) is 10.0 Å². The zero-order valence-corrected chi connectivity index (χ0v) is 9.24. The molecule has 2 aliphatic carbocycles. The average Bonchev–Trinajstić information content (AvgIpc) is 2.95. The summed E-state index contributed by atoms with van der Waals surface area (Å²) in [6.45, 7) is 0.713. The third-order valence-corrected chi connectivity index (χ3v) is 5.66. The zero-order chi connectivity index (χ0) is 10.6. The first-order valence-electron chi connectivity index (χ1n) is 5.48. The standard InChI is InChI=1S/C9H16N2O3S/c10-7-6-3-4-14-9(6)8(7)11-15(12,13)5-1-2-5/h5-9,11H,1-4,10H2. The lowest BCUT2D eigenvalue weighted by Gasteiger charge is -2.45. The van der Waals surface area contributed by atoms with Crippen molar-refractivity contribution in [3.05, 3.63) is 0 Å². The minimum absolute atomic E-state index is 0.0218. The number of nitrogens with two attached hydrogens (primary N) is 1. The Kier molecular flexibility index (Phi) is 2.11. The predicted octanol–water partition coefficient (Wildman–Crippen LogP) is -0.817. The Morgan fingerprint density at radius 1 is 1.27 bits per heavy atom. The summed E-state index contributed by atoms with van der Waals surface area (Å²) in [5.41, 5.74) is 5.93. The summed E-state index contributed by atoms with van der Waals surface area (Å²) in [5, 5.41) is -0.176. The van der Waals surface area contributed by atoms with E-state index in [-0.39, 0.29) is 23.4 Å². The van der Waals surface area contributed by atoms with Crippen LogP contribution in [0.3, 0.4) is 0 Å². The van der Waals surface area contributed by atoms with E-state index in [1.165, 1.54) is 0 Å². The number of hydrogen-bond donors (Lipinski definition) is 2. The van der Waals surface area contributed by atoms with Crippen LogP contribution >= 0.6 is 0 Å². The molecule has 3 rings (SSSR count). The minimum atomic E-state index is -3.13. The van der Waals surface area contributed by atoms with Crippen LogP contribution in [0.4, 0.5) is 0 Å². The molecule has 5 nitrogen and oxygen atoms in total. The summed E-state index contributed by atoms with van der Waals surface area (Å²) in [5.74, 6) is 0.358. The third-order valence-electron chi connectivity index (χ3n) is 3.71. The highest BCUT2D eigenvalue weighted by atomic mass is 32.2. The van der Waals surface area contributed by atoms with Crippen LogP contribution in [0.5, 0.6) is 0 Å². The van der Waals surface area contributed by atoms with Crippen molar-refractivity contribution < 1.29 is 13.2 Å². The second kappa shape index (κ2) is 3.16. The van der Waals surface area contributed by atoms with Crippen LogP contribution in [0.1, 0.15) is 19.3 Å². The van der Waals surface area contributed by atoms with Gasteiger partial charge in [0.1, 0.15) is 0 Å². The molecule has 0 bridgehead atoms. The summed E-state index contributed by atoms with van der Waals surface area (Å²) in [4.78, 5) is 0. The molecule has 0 aromatic heterocycles. The summed E-state index contributed by atoms with van der Waals surface area (Å²) < 4.78 is 31.6. The molecule has 6 heteroatoms. The molecule has 3 fully saturated rings. The summed E-state index contributed by atoms with van der Waals surface area (Å²) in [6, 6.07) is -0.255. The van der Waals surface area contributed by atoms with Crippen molar-refractivity contribution in [1.29, 1.82) is 0 Å². The van der Waals surface area contributed by atoms with Gasteiger partial charge in [0.25, 0.3) is 0 Å². The van der Waals surface area contributed by atoms with Crippen molar-refractivity contribution in [2.75, 3.05) is 6.61 Å².